The number of nitrogens with two attached hydrogens (primary N) is 1. The van der Waals surface area contributed by atoms with E-state index in [0.29, 0.717) is 13.0 Å². The highest BCUT2D eigenvalue weighted by atomic mass is 16.1. The summed E-state index contributed by atoms with van der Waals surface area (Å²) in [5.74, 6) is 0.159. The van der Waals surface area contributed by atoms with Crippen molar-refractivity contribution < 1.29 is 4.79 Å². The van der Waals surface area contributed by atoms with Crippen molar-refractivity contribution in [3.05, 3.63) is 69.8 Å². The van der Waals surface area contributed by atoms with Crippen LogP contribution >= 0.6 is 0 Å². The molecule has 0 spiro atoms. The zero-order chi connectivity index (χ0) is 14.7. The minimum absolute atomic E-state index is 0.159. The first-order valence-corrected chi connectivity index (χ1v) is 6.91. The molecule has 0 aliphatic carbocycles. The molecule has 0 saturated heterocycles. The standard InChI is InChI=1S/C18H21NO/c1-12-8-14(3)17(9-13(12)2)18(20)10-15-6-4-5-7-16(15)11-19/h4-9H,10-11,19H2,1-3H3. The van der Waals surface area contributed by atoms with Crippen molar-refractivity contribution in [2.75, 3.05) is 0 Å². The molecule has 0 aliphatic rings. The summed E-state index contributed by atoms with van der Waals surface area (Å²) in [5, 5.41) is 0. The van der Waals surface area contributed by atoms with Crippen LogP contribution in [0.4, 0.5) is 0 Å². The molecule has 20 heavy (non-hydrogen) atoms. The van der Waals surface area contributed by atoms with E-state index < -0.39 is 0 Å². The highest BCUT2D eigenvalue weighted by molar-refractivity contribution is 5.99. The lowest BCUT2D eigenvalue weighted by molar-refractivity contribution is 0.0992. The van der Waals surface area contributed by atoms with Crippen LogP contribution in [0, 0.1) is 20.8 Å². The van der Waals surface area contributed by atoms with Crippen molar-refractivity contribution in [3.8, 4) is 0 Å². The third kappa shape index (κ3) is 2.97. The van der Waals surface area contributed by atoms with Crippen LogP contribution in [0.3, 0.4) is 0 Å². The van der Waals surface area contributed by atoms with Gasteiger partial charge < -0.3 is 5.73 Å². The van der Waals surface area contributed by atoms with E-state index in [1.54, 1.807) is 0 Å². The van der Waals surface area contributed by atoms with E-state index in [2.05, 4.69) is 13.0 Å². The van der Waals surface area contributed by atoms with Gasteiger partial charge in [0.15, 0.2) is 5.78 Å². The molecule has 0 fully saturated rings. The van der Waals surface area contributed by atoms with Crippen molar-refractivity contribution in [1.82, 2.24) is 0 Å². The van der Waals surface area contributed by atoms with Crippen LogP contribution in [-0.4, -0.2) is 5.78 Å². The van der Waals surface area contributed by atoms with Gasteiger partial charge in [-0.2, -0.15) is 0 Å². The number of Topliss-reactive ketones (excluding diaryl/α,β-unsaturated/α-hetero) is 1. The van der Waals surface area contributed by atoms with Crippen LogP contribution in [0.15, 0.2) is 36.4 Å². The fourth-order valence-electron chi connectivity index (χ4n) is 2.46. The van der Waals surface area contributed by atoms with Gasteiger partial charge in [-0.1, -0.05) is 30.3 Å². The molecule has 0 unspecified atom stereocenters. The van der Waals surface area contributed by atoms with E-state index in [9.17, 15) is 4.79 Å². The van der Waals surface area contributed by atoms with E-state index in [-0.39, 0.29) is 5.78 Å². The lowest BCUT2D eigenvalue weighted by Crippen LogP contribution is -2.10. The molecule has 2 rings (SSSR count). The molecular formula is C18H21NO. The Morgan fingerprint density at radius 3 is 2.20 bits per heavy atom. The summed E-state index contributed by atoms with van der Waals surface area (Å²) in [4.78, 5) is 12.5. The van der Waals surface area contributed by atoms with E-state index in [4.69, 9.17) is 5.73 Å². The van der Waals surface area contributed by atoms with Gasteiger partial charge in [0.05, 0.1) is 0 Å². The summed E-state index contributed by atoms with van der Waals surface area (Å²) < 4.78 is 0. The number of carbonyl (C=O) groups is 1. The molecule has 0 radical (unpaired) electrons. The number of ketones is 1. The summed E-state index contributed by atoms with van der Waals surface area (Å²) in [6.07, 6.45) is 0.413. The van der Waals surface area contributed by atoms with Gasteiger partial charge in [0.2, 0.25) is 0 Å². The Hall–Kier alpha value is -1.93. The topological polar surface area (TPSA) is 43.1 Å². The summed E-state index contributed by atoms with van der Waals surface area (Å²) in [5.41, 5.74) is 12.0. The van der Waals surface area contributed by atoms with Gasteiger partial charge in [0.25, 0.3) is 0 Å². The first-order chi connectivity index (χ1) is 9.52. The maximum atomic E-state index is 12.5. The molecule has 0 aromatic heterocycles. The Kier molecular flexibility index (Phi) is 4.35. The summed E-state index contributed by atoms with van der Waals surface area (Å²) in [6.45, 7) is 6.57. The van der Waals surface area contributed by atoms with Gasteiger partial charge in [-0.15, -0.1) is 0 Å². The van der Waals surface area contributed by atoms with Crippen LogP contribution in [0.5, 0.6) is 0 Å². The van der Waals surface area contributed by atoms with Crippen LogP contribution < -0.4 is 5.73 Å². The lowest BCUT2D eigenvalue weighted by Gasteiger charge is -2.11. The fraction of sp³-hybridized carbons (Fsp3) is 0.278. The number of carbonyl (C=O) groups excluding carboxylic acids is 1. The zero-order valence-corrected chi connectivity index (χ0v) is 12.4. The third-order valence-corrected chi connectivity index (χ3v) is 3.83. The number of aryl methyl sites for hydroxylation is 3. The molecule has 0 heterocycles. The molecule has 0 amide bonds. The van der Waals surface area contributed by atoms with Crippen molar-refractivity contribution in [3.63, 3.8) is 0 Å². The Labute approximate surface area is 120 Å². The summed E-state index contributed by atoms with van der Waals surface area (Å²) in [6, 6.07) is 12.0. The Morgan fingerprint density at radius 1 is 0.950 bits per heavy atom. The van der Waals surface area contributed by atoms with E-state index in [1.807, 2.05) is 44.2 Å². The van der Waals surface area contributed by atoms with Gasteiger partial charge in [-0.3, -0.25) is 4.79 Å². The quantitative estimate of drug-likeness (QED) is 0.862. The van der Waals surface area contributed by atoms with E-state index in [0.717, 1.165) is 27.8 Å². The first-order valence-electron chi connectivity index (χ1n) is 6.91. The molecule has 0 bridgehead atoms. The highest BCUT2D eigenvalue weighted by Gasteiger charge is 2.13. The molecule has 2 heteroatoms. The van der Waals surface area contributed by atoms with Gasteiger partial charge in [-0.05, 0) is 54.7 Å². The molecule has 2 aromatic rings. The third-order valence-electron chi connectivity index (χ3n) is 3.83. The maximum absolute atomic E-state index is 12.5. The molecule has 2 nitrogen and oxygen atoms in total. The smallest absolute Gasteiger partial charge is 0.167 e. The Balaban J connectivity index is 2.31. The second-order valence-electron chi connectivity index (χ2n) is 5.32. The highest BCUT2D eigenvalue weighted by Crippen LogP contribution is 2.18. The second-order valence-corrected chi connectivity index (χ2v) is 5.32. The lowest BCUT2D eigenvalue weighted by atomic mass is 9.93. The Morgan fingerprint density at radius 2 is 1.55 bits per heavy atom. The van der Waals surface area contributed by atoms with Crippen molar-refractivity contribution in [2.24, 2.45) is 5.73 Å². The molecule has 2 aromatic carbocycles. The number of rotatable bonds is 4. The minimum Gasteiger partial charge on any atom is -0.326 e. The zero-order valence-electron chi connectivity index (χ0n) is 12.4. The molecular weight excluding hydrogens is 246 g/mol. The van der Waals surface area contributed by atoms with Crippen LogP contribution in [0.2, 0.25) is 0 Å². The predicted octanol–water partition coefficient (Wildman–Crippen LogP) is 3.50. The van der Waals surface area contributed by atoms with E-state index in [1.165, 1.54) is 5.56 Å². The van der Waals surface area contributed by atoms with Crippen LogP contribution in [0.25, 0.3) is 0 Å². The van der Waals surface area contributed by atoms with Gasteiger partial charge in [0, 0.05) is 18.5 Å². The molecule has 104 valence electrons. The van der Waals surface area contributed by atoms with Crippen molar-refractivity contribution >= 4 is 5.78 Å². The van der Waals surface area contributed by atoms with Gasteiger partial charge in [-0.25, -0.2) is 0 Å². The van der Waals surface area contributed by atoms with Gasteiger partial charge in [0.1, 0.15) is 0 Å². The van der Waals surface area contributed by atoms with Crippen LogP contribution in [-0.2, 0) is 13.0 Å². The average molecular weight is 267 g/mol. The largest absolute Gasteiger partial charge is 0.326 e. The monoisotopic (exact) mass is 267 g/mol. The first kappa shape index (κ1) is 14.5. The van der Waals surface area contributed by atoms with Crippen LogP contribution in [0.1, 0.15) is 38.2 Å². The fourth-order valence-corrected chi connectivity index (χ4v) is 2.46. The van der Waals surface area contributed by atoms with Gasteiger partial charge >= 0.3 is 0 Å². The summed E-state index contributed by atoms with van der Waals surface area (Å²) >= 11 is 0. The maximum Gasteiger partial charge on any atom is 0.167 e. The molecule has 0 saturated carbocycles. The number of hydrogen-bond acceptors (Lipinski definition) is 2. The normalized spacial score (nSPS) is 10.6. The SMILES string of the molecule is Cc1cc(C)c(C(=O)Cc2ccccc2CN)cc1C. The molecule has 2 N–H and O–H groups in total. The molecule has 0 atom stereocenters. The molecule has 0 aliphatic heterocycles. The van der Waals surface area contributed by atoms with Crippen molar-refractivity contribution in [2.45, 2.75) is 33.7 Å². The summed E-state index contributed by atoms with van der Waals surface area (Å²) in [7, 11) is 0. The minimum atomic E-state index is 0.159. The predicted molar refractivity (Wildman–Crippen MR) is 83.0 cm³/mol. The number of hydrogen-bond donors (Lipinski definition) is 1. The Bertz CT molecular complexity index is 644. The van der Waals surface area contributed by atoms with Crippen molar-refractivity contribution in [1.29, 1.82) is 0 Å². The second kappa shape index (κ2) is 6.02. The average Bonchev–Trinajstić information content (AvgIpc) is 2.43. The number of benzene rings is 2. The van der Waals surface area contributed by atoms with E-state index >= 15 is 0 Å².